The third-order valence-electron chi connectivity index (χ3n) is 9.62. The second kappa shape index (κ2) is 19.0. The van der Waals surface area contributed by atoms with E-state index in [0.29, 0.717) is 23.5 Å². The summed E-state index contributed by atoms with van der Waals surface area (Å²) in [6.07, 6.45) is 8.62. The van der Waals surface area contributed by atoms with Gasteiger partial charge in [-0.15, -0.1) is 0 Å². The number of methoxy groups -OCH3 is 1. The van der Waals surface area contributed by atoms with E-state index in [1.807, 2.05) is 13.0 Å². The summed E-state index contributed by atoms with van der Waals surface area (Å²) in [7, 11) is 1.64. The predicted molar refractivity (Wildman–Crippen MR) is 203 cm³/mol. The normalized spacial score (nSPS) is 13.6. The number of benzene rings is 2. The van der Waals surface area contributed by atoms with Gasteiger partial charge in [0, 0.05) is 30.5 Å². The number of halogens is 1. The summed E-state index contributed by atoms with van der Waals surface area (Å²) >= 11 is 0. The molecule has 2 aromatic carbocycles. The Labute approximate surface area is 298 Å². The maximum Gasteiger partial charge on any atom is 0.319 e. The quantitative estimate of drug-likeness (QED) is 0.112. The molecule has 1 saturated heterocycles. The minimum absolute atomic E-state index is 0.0349. The van der Waals surface area contributed by atoms with Gasteiger partial charge in [-0.3, -0.25) is 9.78 Å². The molecule has 0 bridgehead atoms. The van der Waals surface area contributed by atoms with Crippen LogP contribution < -0.4 is 21.3 Å². The largest absolute Gasteiger partial charge is 0.380 e. The Bertz CT molecular complexity index is 1580. The molecule has 0 radical (unpaired) electrons. The first kappa shape index (κ1) is 39.0. The summed E-state index contributed by atoms with van der Waals surface area (Å²) in [5.41, 5.74) is 7.53. The van der Waals surface area contributed by atoms with Crippen molar-refractivity contribution in [3.05, 3.63) is 75.9 Å². The molecular weight excluding hydrogens is 629 g/mol. The van der Waals surface area contributed by atoms with Crippen LogP contribution in [0.15, 0.2) is 36.4 Å². The van der Waals surface area contributed by atoms with Crippen molar-refractivity contribution in [3.8, 4) is 11.1 Å². The Morgan fingerprint density at radius 3 is 2.20 bits per heavy atom. The van der Waals surface area contributed by atoms with E-state index >= 15 is 0 Å². The van der Waals surface area contributed by atoms with Crippen molar-refractivity contribution in [3.63, 3.8) is 0 Å². The number of carbonyl (C=O) groups is 2. The molecule has 0 spiro atoms. The van der Waals surface area contributed by atoms with Gasteiger partial charge < -0.3 is 26.0 Å². The number of aryl methyl sites for hydroxylation is 1. The van der Waals surface area contributed by atoms with Gasteiger partial charge in [-0.25, -0.2) is 9.18 Å². The van der Waals surface area contributed by atoms with E-state index in [1.165, 1.54) is 31.4 Å². The molecule has 1 aromatic heterocycles. The van der Waals surface area contributed by atoms with Gasteiger partial charge >= 0.3 is 6.03 Å². The van der Waals surface area contributed by atoms with Crippen LogP contribution in [0.2, 0.25) is 0 Å². The number of aromatic nitrogens is 1. The molecule has 0 aliphatic carbocycles. The summed E-state index contributed by atoms with van der Waals surface area (Å²) < 4.78 is 19.9. The first-order valence-electron chi connectivity index (χ1n) is 18.6. The number of nitrogens with zero attached hydrogens (tertiary/aromatic N) is 1. The van der Waals surface area contributed by atoms with Gasteiger partial charge in [0.1, 0.15) is 5.82 Å². The number of unbranched alkanes of at least 4 members (excludes halogenated alkanes) is 5. The fraction of sp³-hybridized carbons (Fsp3) is 0.537. The molecule has 1 fully saturated rings. The smallest absolute Gasteiger partial charge is 0.319 e. The molecule has 50 heavy (non-hydrogen) atoms. The zero-order valence-corrected chi connectivity index (χ0v) is 31.2. The molecule has 0 atom stereocenters. The molecule has 1 aliphatic heterocycles. The topological polar surface area (TPSA) is 104 Å². The molecular formula is C41H58FN5O3. The number of rotatable bonds is 16. The zero-order chi connectivity index (χ0) is 36.2. The SMILES string of the molecule is CCCCCCCCNC(=O)Nc1c(C(=O)Nc2c(C(C)C)nc(C(C)C)c(COC)c2-c2ccc(F)cc2)ccc(C)c1C1CCNCC1. The lowest BCUT2D eigenvalue weighted by molar-refractivity contribution is 0.102. The van der Waals surface area contributed by atoms with Gasteiger partial charge in [-0.2, -0.15) is 0 Å². The van der Waals surface area contributed by atoms with Gasteiger partial charge in [-0.1, -0.05) is 84.9 Å². The molecule has 3 amide bonds. The van der Waals surface area contributed by atoms with E-state index in [0.717, 1.165) is 84.4 Å². The average Bonchev–Trinajstić information content (AvgIpc) is 3.09. The van der Waals surface area contributed by atoms with E-state index in [4.69, 9.17) is 9.72 Å². The molecule has 0 unspecified atom stereocenters. The highest BCUT2D eigenvalue weighted by Crippen LogP contribution is 2.42. The van der Waals surface area contributed by atoms with Crippen LogP contribution >= 0.6 is 0 Å². The van der Waals surface area contributed by atoms with Crippen molar-refractivity contribution in [2.75, 3.05) is 37.4 Å². The van der Waals surface area contributed by atoms with Crippen LogP contribution in [0, 0.1) is 12.7 Å². The Morgan fingerprint density at radius 1 is 0.900 bits per heavy atom. The minimum atomic E-state index is -0.348. The molecule has 4 rings (SSSR count). The molecule has 9 heteroatoms. The molecule has 4 N–H and O–H groups in total. The summed E-state index contributed by atoms with van der Waals surface area (Å²) in [6, 6.07) is 9.79. The zero-order valence-electron chi connectivity index (χ0n) is 31.2. The van der Waals surface area contributed by atoms with Crippen molar-refractivity contribution < 1.29 is 18.7 Å². The first-order valence-corrected chi connectivity index (χ1v) is 18.6. The van der Waals surface area contributed by atoms with Gasteiger partial charge in [0.15, 0.2) is 0 Å². The Morgan fingerprint density at radius 2 is 1.56 bits per heavy atom. The monoisotopic (exact) mass is 687 g/mol. The lowest BCUT2D eigenvalue weighted by Crippen LogP contribution is -2.32. The van der Waals surface area contributed by atoms with E-state index < -0.39 is 0 Å². The third-order valence-corrected chi connectivity index (χ3v) is 9.62. The van der Waals surface area contributed by atoms with E-state index in [9.17, 15) is 14.0 Å². The van der Waals surface area contributed by atoms with Crippen molar-refractivity contribution in [1.82, 2.24) is 15.6 Å². The van der Waals surface area contributed by atoms with Crippen LogP contribution in [-0.2, 0) is 11.3 Å². The van der Waals surface area contributed by atoms with Crippen molar-refractivity contribution >= 4 is 23.3 Å². The number of pyridine rings is 1. The predicted octanol–water partition coefficient (Wildman–Crippen LogP) is 9.79. The fourth-order valence-electron chi connectivity index (χ4n) is 7.04. The summed E-state index contributed by atoms with van der Waals surface area (Å²) in [5, 5.41) is 12.9. The molecule has 2 heterocycles. The maximum atomic E-state index is 14.6. The highest BCUT2D eigenvalue weighted by Gasteiger charge is 2.29. The van der Waals surface area contributed by atoms with Gasteiger partial charge in [0.2, 0.25) is 0 Å². The Hall–Kier alpha value is -3.82. The van der Waals surface area contributed by atoms with Gasteiger partial charge in [0.25, 0.3) is 5.91 Å². The number of ether oxygens (including phenoxy) is 1. The lowest BCUT2D eigenvalue weighted by atomic mass is 9.84. The maximum absolute atomic E-state index is 14.6. The minimum Gasteiger partial charge on any atom is -0.380 e. The van der Waals surface area contributed by atoms with Gasteiger partial charge in [-0.05, 0) is 91.9 Å². The van der Waals surface area contributed by atoms with Crippen molar-refractivity contribution in [2.24, 2.45) is 0 Å². The Balaban J connectivity index is 1.79. The number of nitrogens with one attached hydrogen (secondary N) is 4. The average molecular weight is 688 g/mol. The number of urea groups is 1. The summed E-state index contributed by atoms with van der Waals surface area (Å²) in [6.45, 7) is 15.1. The number of anilines is 2. The first-order chi connectivity index (χ1) is 24.1. The second-order valence-corrected chi connectivity index (χ2v) is 14.2. The van der Waals surface area contributed by atoms with E-state index in [2.05, 4.69) is 55.9 Å². The van der Waals surface area contributed by atoms with Crippen LogP contribution in [-0.4, -0.2) is 43.7 Å². The van der Waals surface area contributed by atoms with Gasteiger partial charge in [0.05, 0.1) is 29.2 Å². The van der Waals surface area contributed by atoms with Crippen molar-refractivity contribution in [2.45, 2.75) is 117 Å². The Kier molecular flexibility index (Phi) is 14.8. The second-order valence-electron chi connectivity index (χ2n) is 14.2. The van der Waals surface area contributed by atoms with E-state index in [1.54, 1.807) is 25.3 Å². The molecule has 1 aliphatic rings. The standard InChI is InChI=1S/C41H58FN5O3/c1-8-9-10-11-12-13-22-44-41(49)47-38-32(19-14-28(6)34(38)30-20-23-43-24-21-30)40(48)46-39-35(29-15-17-31(42)18-16-29)33(25-50-7)36(26(2)3)45-37(39)27(4)5/h14-19,26-27,30,43H,8-13,20-25H2,1-7H3,(H,46,48)(H2,44,47,49). The highest BCUT2D eigenvalue weighted by atomic mass is 19.1. The fourth-order valence-corrected chi connectivity index (χ4v) is 7.04. The molecule has 3 aromatic rings. The number of hydrogen-bond donors (Lipinski definition) is 4. The molecule has 8 nitrogen and oxygen atoms in total. The lowest BCUT2D eigenvalue weighted by Gasteiger charge is -2.28. The van der Waals surface area contributed by atoms with Crippen LogP contribution in [0.1, 0.15) is 142 Å². The number of amides is 3. The summed E-state index contributed by atoms with van der Waals surface area (Å²) in [4.78, 5) is 33.2. The number of piperidine rings is 1. The van der Waals surface area contributed by atoms with Crippen molar-refractivity contribution in [1.29, 1.82) is 0 Å². The van der Waals surface area contributed by atoms with E-state index in [-0.39, 0.29) is 42.1 Å². The third kappa shape index (κ3) is 9.91. The van der Waals surface area contributed by atoms with Crippen LogP contribution in [0.25, 0.3) is 11.1 Å². The highest BCUT2D eigenvalue weighted by molar-refractivity contribution is 6.12. The van der Waals surface area contributed by atoms with Crippen LogP contribution in [0.4, 0.5) is 20.6 Å². The summed E-state index contributed by atoms with van der Waals surface area (Å²) in [5.74, 6) is -0.451. The van der Waals surface area contributed by atoms with Crippen LogP contribution in [0.3, 0.4) is 0 Å². The van der Waals surface area contributed by atoms with Crippen LogP contribution in [0.5, 0.6) is 0 Å². The molecule has 272 valence electrons. The number of hydrogen-bond acceptors (Lipinski definition) is 5. The number of carbonyl (C=O) groups excluding carboxylic acids is 2. The molecule has 0 saturated carbocycles.